The van der Waals surface area contributed by atoms with E-state index in [9.17, 15) is 14.0 Å². The van der Waals surface area contributed by atoms with E-state index in [1.807, 2.05) is 13.8 Å². The average Bonchev–Trinajstić information content (AvgIpc) is 2.81. The lowest BCUT2D eigenvalue weighted by Crippen LogP contribution is -2.53. The molecule has 0 aromatic heterocycles. The van der Waals surface area contributed by atoms with E-state index in [4.69, 9.17) is 9.47 Å². The molecule has 172 valence electrons. The highest BCUT2D eigenvalue weighted by molar-refractivity contribution is 5.99. The van der Waals surface area contributed by atoms with Crippen LogP contribution in [0.5, 0.6) is 5.75 Å². The molecule has 1 aliphatic rings. The van der Waals surface area contributed by atoms with Crippen molar-refractivity contribution in [3.63, 3.8) is 0 Å². The number of rotatable bonds is 8. The molecule has 0 bridgehead atoms. The van der Waals surface area contributed by atoms with E-state index in [2.05, 4.69) is 10.6 Å². The quantitative estimate of drug-likeness (QED) is 0.657. The van der Waals surface area contributed by atoms with Crippen molar-refractivity contribution >= 4 is 11.8 Å². The van der Waals surface area contributed by atoms with Crippen molar-refractivity contribution < 1.29 is 23.5 Å². The summed E-state index contributed by atoms with van der Waals surface area (Å²) >= 11 is 0. The minimum absolute atomic E-state index is 0.120. The number of hydrogen-bond donors (Lipinski definition) is 2. The van der Waals surface area contributed by atoms with Gasteiger partial charge in [-0.2, -0.15) is 0 Å². The van der Waals surface area contributed by atoms with Gasteiger partial charge in [0.15, 0.2) is 0 Å². The maximum absolute atomic E-state index is 13.5. The molecule has 0 aliphatic carbocycles. The van der Waals surface area contributed by atoms with Crippen molar-refractivity contribution in [3.05, 3.63) is 65.5 Å². The van der Waals surface area contributed by atoms with Crippen molar-refractivity contribution in [2.24, 2.45) is 5.92 Å². The van der Waals surface area contributed by atoms with Crippen LogP contribution in [0, 0.1) is 11.7 Å². The molecule has 0 saturated carbocycles. The maximum Gasteiger partial charge on any atom is 0.255 e. The monoisotopic (exact) mass is 442 g/mol. The van der Waals surface area contributed by atoms with E-state index in [0.717, 1.165) is 18.4 Å². The number of amides is 2. The summed E-state index contributed by atoms with van der Waals surface area (Å²) in [7, 11) is 1.50. The standard InChI is InChI=1S/C25H31FN2O4/c1-17(2)22(28-23(29)20-6-4-5-7-21(20)31-3)24(30)27-16-25(12-14-32-15-13-25)18-8-10-19(26)11-9-18/h4-11,17,22H,12-16H2,1-3H3,(H,27,30)(H,28,29). The average molecular weight is 443 g/mol. The Balaban J connectivity index is 1.73. The molecular weight excluding hydrogens is 411 g/mol. The number of halogens is 1. The number of para-hydroxylation sites is 1. The van der Waals surface area contributed by atoms with Crippen LogP contribution in [0.1, 0.15) is 42.6 Å². The molecule has 1 aliphatic heterocycles. The van der Waals surface area contributed by atoms with Gasteiger partial charge >= 0.3 is 0 Å². The van der Waals surface area contributed by atoms with Crippen molar-refractivity contribution in [2.45, 2.75) is 38.1 Å². The number of carbonyl (C=O) groups excluding carboxylic acids is 2. The van der Waals surface area contributed by atoms with Gasteiger partial charge in [-0.05, 0) is 48.6 Å². The Labute approximate surface area is 188 Å². The largest absolute Gasteiger partial charge is 0.496 e. The highest BCUT2D eigenvalue weighted by Crippen LogP contribution is 2.34. The Morgan fingerprint density at radius 1 is 1.09 bits per heavy atom. The van der Waals surface area contributed by atoms with Gasteiger partial charge in [-0.1, -0.05) is 38.1 Å². The molecule has 2 aromatic rings. The summed E-state index contributed by atoms with van der Waals surface area (Å²) in [6, 6.07) is 12.6. The number of methoxy groups -OCH3 is 1. The summed E-state index contributed by atoms with van der Waals surface area (Å²) < 4.78 is 24.3. The Bertz CT molecular complexity index is 924. The second kappa shape index (κ2) is 10.6. The fraction of sp³-hybridized carbons (Fsp3) is 0.440. The zero-order valence-electron chi connectivity index (χ0n) is 18.8. The van der Waals surface area contributed by atoms with Crippen LogP contribution in [-0.2, 0) is 14.9 Å². The third-order valence-corrected chi connectivity index (χ3v) is 6.09. The molecular formula is C25H31FN2O4. The number of benzene rings is 2. The summed E-state index contributed by atoms with van der Waals surface area (Å²) in [5.74, 6) is -0.582. The van der Waals surface area contributed by atoms with Gasteiger partial charge < -0.3 is 20.1 Å². The third-order valence-electron chi connectivity index (χ3n) is 6.09. The summed E-state index contributed by atoms with van der Waals surface area (Å²) in [4.78, 5) is 26.0. The topological polar surface area (TPSA) is 76.7 Å². The first-order valence-electron chi connectivity index (χ1n) is 10.9. The first kappa shape index (κ1) is 23.7. The molecule has 6 nitrogen and oxygen atoms in total. The summed E-state index contributed by atoms with van der Waals surface area (Å²) in [5.41, 5.74) is 1.01. The van der Waals surface area contributed by atoms with Gasteiger partial charge in [0.2, 0.25) is 5.91 Å². The van der Waals surface area contributed by atoms with Crippen molar-refractivity contribution in [3.8, 4) is 5.75 Å². The van der Waals surface area contributed by atoms with Crippen LogP contribution >= 0.6 is 0 Å². The minimum atomic E-state index is -0.711. The number of carbonyl (C=O) groups is 2. The van der Waals surface area contributed by atoms with Crippen molar-refractivity contribution in [2.75, 3.05) is 26.9 Å². The molecule has 2 aromatic carbocycles. The van der Waals surface area contributed by atoms with E-state index in [1.54, 1.807) is 36.4 Å². The molecule has 1 unspecified atom stereocenters. The van der Waals surface area contributed by atoms with E-state index in [0.29, 0.717) is 31.1 Å². The third kappa shape index (κ3) is 5.46. The van der Waals surface area contributed by atoms with Gasteiger partial charge in [-0.3, -0.25) is 9.59 Å². The lowest BCUT2D eigenvalue weighted by Gasteiger charge is -2.38. The van der Waals surface area contributed by atoms with Crippen LogP contribution in [0.3, 0.4) is 0 Å². The molecule has 1 heterocycles. The molecule has 1 fully saturated rings. The molecule has 2 N–H and O–H groups in total. The summed E-state index contributed by atoms with van der Waals surface area (Å²) in [6.07, 6.45) is 1.44. The molecule has 1 atom stereocenters. The van der Waals surface area contributed by atoms with Crippen LogP contribution in [0.15, 0.2) is 48.5 Å². The second-order valence-corrected chi connectivity index (χ2v) is 8.51. The van der Waals surface area contributed by atoms with Crippen LogP contribution < -0.4 is 15.4 Å². The van der Waals surface area contributed by atoms with E-state index < -0.39 is 6.04 Å². The molecule has 1 saturated heterocycles. The highest BCUT2D eigenvalue weighted by Gasteiger charge is 2.36. The van der Waals surface area contributed by atoms with Crippen LogP contribution in [0.4, 0.5) is 4.39 Å². The molecule has 0 radical (unpaired) electrons. The van der Waals surface area contributed by atoms with Crippen LogP contribution in [0.2, 0.25) is 0 Å². The first-order chi connectivity index (χ1) is 15.4. The molecule has 0 spiro atoms. The van der Waals surface area contributed by atoms with Crippen LogP contribution in [0.25, 0.3) is 0 Å². The minimum Gasteiger partial charge on any atom is -0.496 e. The van der Waals surface area contributed by atoms with E-state index >= 15 is 0 Å². The van der Waals surface area contributed by atoms with Gasteiger partial charge in [0.25, 0.3) is 5.91 Å². The van der Waals surface area contributed by atoms with Gasteiger partial charge in [-0.25, -0.2) is 4.39 Å². The fourth-order valence-corrected chi connectivity index (χ4v) is 4.09. The number of hydrogen-bond acceptors (Lipinski definition) is 4. The van der Waals surface area contributed by atoms with Gasteiger partial charge in [0.05, 0.1) is 12.7 Å². The Kier molecular flexibility index (Phi) is 7.85. The molecule has 7 heteroatoms. The zero-order valence-corrected chi connectivity index (χ0v) is 18.8. The van der Waals surface area contributed by atoms with Crippen molar-refractivity contribution in [1.29, 1.82) is 0 Å². The molecule has 32 heavy (non-hydrogen) atoms. The molecule has 3 rings (SSSR count). The predicted octanol–water partition coefficient (Wildman–Crippen LogP) is 3.45. The first-order valence-corrected chi connectivity index (χ1v) is 10.9. The van der Waals surface area contributed by atoms with Crippen molar-refractivity contribution in [1.82, 2.24) is 10.6 Å². The van der Waals surface area contributed by atoms with Gasteiger partial charge in [0.1, 0.15) is 17.6 Å². The smallest absolute Gasteiger partial charge is 0.255 e. The van der Waals surface area contributed by atoms with Gasteiger partial charge in [-0.15, -0.1) is 0 Å². The summed E-state index contributed by atoms with van der Waals surface area (Å²) in [5, 5.41) is 5.89. The Hall–Kier alpha value is -2.93. The Morgan fingerprint density at radius 3 is 2.38 bits per heavy atom. The summed E-state index contributed by atoms with van der Waals surface area (Å²) in [6.45, 7) is 5.30. The maximum atomic E-state index is 13.5. The molecule has 2 amide bonds. The zero-order chi connectivity index (χ0) is 23.1. The number of ether oxygens (including phenoxy) is 2. The number of nitrogens with one attached hydrogen (secondary N) is 2. The van der Waals surface area contributed by atoms with Gasteiger partial charge in [0, 0.05) is 25.2 Å². The highest BCUT2D eigenvalue weighted by atomic mass is 19.1. The lowest BCUT2D eigenvalue weighted by atomic mass is 9.74. The normalized spacial score (nSPS) is 16.3. The van der Waals surface area contributed by atoms with E-state index in [1.165, 1.54) is 19.2 Å². The second-order valence-electron chi connectivity index (χ2n) is 8.51. The Morgan fingerprint density at radius 2 is 1.75 bits per heavy atom. The lowest BCUT2D eigenvalue weighted by molar-refractivity contribution is -0.124. The predicted molar refractivity (Wildman–Crippen MR) is 120 cm³/mol. The SMILES string of the molecule is COc1ccccc1C(=O)NC(C(=O)NCC1(c2ccc(F)cc2)CCOCC1)C(C)C. The van der Waals surface area contributed by atoms with E-state index in [-0.39, 0.29) is 29.0 Å². The fourth-order valence-electron chi connectivity index (χ4n) is 4.09. The van der Waals surface area contributed by atoms with Crippen LogP contribution in [-0.4, -0.2) is 44.7 Å².